The van der Waals surface area contributed by atoms with Gasteiger partial charge in [-0.2, -0.15) is 0 Å². The lowest BCUT2D eigenvalue weighted by Gasteiger charge is -2.27. The van der Waals surface area contributed by atoms with Crippen molar-refractivity contribution in [1.29, 1.82) is 0 Å². The van der Waals surface area contributed by atoms with Crippen molar-refractivity contribution in [3.63, 3.8) is 0 Å². The van der Waals surface area contributed by atoms with Gasteiger partial charge in [0, 0.05) is 22.1 Å². The molecule has 1 saturated heterocycles. The molecule has 0 spiro atoms. The van der Waals surface area contributed by atoms with Gasteiger partial charge in [-0.1, -0.05) is 30.3 Å². The van der Waals surface area contributed by atoms with Gasteiger partial charge in [-0.25, -0.2) is 8.42 Å². The molecule has 2 heterocycles. The number of sulfone groups is 1. The zero-order valence-electron chi connectivity index (χ0n) is 14.8. The molecule has 0 aliphatic carbocycles. The largest absolute Gasteiger partial charge is 0.493 e. The molecule has 5 nitrogen and oxygen atoms in total. The number of fused-ring (bicyclic) bond motifs is 1. The lowest BCUT2D eigenvalue weighted by Crippen LogP contribution is -2.32. The normalized spacial score (nSPS) is 23.3. The second kappa shape index (κ2) is 7.56. The van der Waals surface area contributed by atoms with Crippen molar-refractivity contribution >= 4 is 27.5 Å². The summed E-state index contributed by atoms with van der Waals surface area (Å²) in [6, 6.07) is 15.1. The monoisotopic (exact) mass is 403 g/mol. The van der Waals surface area contributed by atoms with Gasteiger partial charge in [-0.15, -0.1) is 11.8 Å². The zero-order valence-corrected chi connectivity index (χ0v) is 16.4. The van der Waals surface area contributed by atoms with Gasteiger partial charge in [0.15, 0.2) is 9.84 Å². The van der Waals surface area contributed by atoms with Crippen LogP contribution in [0.15, 0.2) is 53.4 Å². The number of para-hydroxylation sites is 1. The number of carbonyl (C=O) groups is 1. The van der Waals surface area contributed by atoms with E-state index in [4.69, 9.17) is 4.74 Å². The summed E-state index contributed by atoms with van der Waals surface area (Å²) in [6.45, 7) is 0.568. The van der Waals surface area contributed by atoms with Gasteiger partial charge in [-0.05, 0) is 24.6 Å². The molecule has 0 aromatic heterocycles. The van der Waals surface area contributed by atoms with E-state index in [0.29, 0.717) is 18.6 Å². The van der Waals surface area contributed by atoms with E-state index in [0.717, 1.165) is 22.6 Å². The van der Waals surface area contributed by atoms with Crippen molar-refractivity contribution < 1.29 is 17.9 Å². The maximum atomic E-state index is 13.0. The molecule has 1 fully saturated rings. The van der Waals surface area contributed by atoms with Crippen LogP contribution in [0.3, 0.4) is 0 Å². The average molecular weight is 404 g/mol. The summed E-state index contributed by atoms with van der Waals surface area (Å²) in [5.74, 6) is 1.09. The maximum absolute atomic E-state index is 13.0. The van der Waals surface area contributed by atoms with E-state index in [-0.39, 0.29) is 28.7 Å². The molecule has 2 atom stereocenters. The molecule has 0 saturated carbocycles. The Bertz CT molecular complexity index is 958. The first kappa shape index (κ1) is 18.4. The molecule has 2 aromatic carbocycles. The highest BCUT2D eigenvalue weighted by molar-refractivity contribution is 8.02. The highest BCUT2D eigenvalue weighted by Gasteiger charge is 2.30. The van der Waals surface area contributed by atoms with Crippen molar-refractivity contribution in [3.8, 4) is 5.75 Å². The van der Waals surface area contributed by atoms with Crippen molar-refractivity contribution in [2.45, 2.75) is 29.0 Å². The fourth-order valence-electron chi connectivity index (χ4n) is 3.52. The average Bonchev–Trinajstić information content (AvgIpc) is 3.01. The van der Waals surface area contributed by atoms with Crippen LogP contribution >= 0.6 is 11.8 Å². The van der Waals surface area contributed by atoms with Crippen LogP contribution in [-0.2, 0) is 9.84 Å². The Hall–Kier alpha value is -1.99. The predicted octanol–water partition coefficient (Wildman–Crippen LogP) is 3.22. The molecular weight excluding hydrogens is 382 g/mol. The highest BCUT2D eigenvalue weighted by Crippen LogP contribution is 2.35. The van der Waals surface area contributed by atoms with Crippen LogP contribution in [-0.4, -0.2) is 37.7 Å². The summed E-state index contributed by atoms with van der Waals surface area (Å²) in [7, 11) is -2.94. The SMILES string of the molecule is O=C(N[C@H]1CCOc2ccccc21)c1ccccc1S[C@H]1CCS(=O)(=O)C1. The Morgan fingerprint density at radius 1 is 1.07 bits per heavy atom. The fourth-order valence-corrected chi connectivity index (χ4v) is 7.14. The number of rotatable bonds is 4. The number of amides is 1. The summed E-state index contributed by atoms with van der Waals surface area (Å²) in [4.78, 5) is 13.8. The summed E-state index contributed by atoms with van der Waals surface area (Å²) in [5.41, 5.74) is 1.58. The van der Waals surface area contributed by atoms with Crippen LogP contribution in [0.25, 0.3) is 0 Å². The Labute approximate surface area is 163 Å². The van der Waals surface area contributed by atoms with E-state index in [1.54, 1.807) is 6.07 Å². The van der Waals surface area contributed by atoms with Crippen LogP contribution in [0.1, 0.15) is 34.8 Å². The van der Waals surface area contributed by atoms with Gasteiger partial charge in [0.05, 0.1) is 29.7 Å². The van der Waals surface area contributed by atoms with E-state index in [1.807, 2.05) is 42.5 Å². The quantitative estimate of drug-likeness (QED) is 0.849. The van der Waals surface area contributed by atoms with Crippen LogP contribution in [0.5, 0.6) is 5.75 Å². The van der Waals surface area contributed by atoms with E-state index in [2.05, 4.69) is 5.32 Å². The third-order valence-electron chi connectivity index (χ3n) is 4.88. The summed E-state index contributed by atoms with van der Waals surface area (Å²) in [6.07, 6.45) is 1.36. The van der Waals surface area contributed by atoms with Gasteiger partial charge in [0.2, 0.25) is 0 Å². The minimum absolute atomic E-state index is 0.00718. The van der Waals surface area contributed by atoms with Crippen molar-refractivity contribution in [2.24, 2.45) is 0 Å². The lowest BCUT2D eigenvalue weighted by molar-refractivity contribution is 0.0922. The van der Waals surface area contributed by atoms with Crippen molar-refractivity contribution in [3.05, 3.63) is 59.7 Å². The number of ether oxygens (including phenoxy) is 1. The smallest absolute Gasteiger partial charge is 0.252 e. The highest BCUT2D eigenvalue weighted by atomic mass is 32.2. The molecule has 0 bridgehead atoms. The molecule has 2 aromatic rings. The molecule has 0 radical (unpaired) electrons. The molecule has 7 heteroatoms. The van der Waals surface area contributed by atoms with Crippen molar-refractivity contribution in [2.75, 3.05) is 18.1 Å². The Balaban J connectivity index is 1.52. The minimum Gasteiger partial charge on any atom is -0.493 e. The number of hydrogen-bond donors (Lipinski definition) is 1. The second-order valence-corrected chi connectivity index (χ2v) is 10.4. The van der Waals surface area contributed by atoms with Gasteiger partial charge < -0.3 is 10.1 Å². The van der Waals surface area contributed by atoms with Crippen LogP contribution in [0.4, 0.5) is 0 Å². The molecule has 142 valence electrons. The first-order valence-corrected chi connectivity index (χ1v) is 11.7. The maximum Gasteiger partial charge on any atom is 0.252 e. The number of nitrogens with one attached hydrogen (secondary N) is 1. The number of thioether (sulfide) groups is 1. The van der Waals surface area contributed by atoms with E-state index in [9.17, 15) is 13.2 Å². The lowest BCUT2D eigenvalue weighted by atomic mass is 10.00. The first-order valence-electron chi connectivity index (χ1n) is 9.00. The molecule has 27 heavy (non-hydrogen) atoms. The Morgan fingerprint density at radius 3 is 2.67 bits per heavy atom. The predicted molar refractivity (Wildman–Crippen MR) is 106 cm³/mol. The summed E-state index contributed by atoms with van der Waals surface area (Å²) >= 11 is 1.49. The molecular formula is C20H21NO4S2. The van der Waals surface area contributed by atoms with Gasteiger partial charge in [0.1, 0.15) is 5.75 Å². The molecule has 1 N–H and O–H groups in total. The number of hydrogen-bond acceptors (Lipinski definition) is 5. The molecule has 0 unspecified atom stereocenters. The van der Waals surface area contributed by atoms with E-state index >= 15 is 0 Å². The Kier molecular flexibility index (Phi) is 5.14. The van der Waals surface area contributed by atoms with Crippen LogP contribution < -0.4 is 10.1 Å². The van der Waals surface area contributed by atoms with Crippen LogP contribution in [0.2, 0.25) is 0 Å². The van der Waals surface area contributed by atoms with E-state index in [1.165, 1.54) is 11.8 Å². The second-order valence-electron chi connectivity index (χ2n) is 6.84. The minimum atomic E-state index is -2.94. The third kappa shape index (κ3) is 4.14. The zero-order chi connectivity index (χ0) is 18.9. The number of benzene rings is 2. The van der Waals surface area contributed by atoms with Gasteiger partial charge in [-0.3, -0.25) is 4.79 Å². The Morgan fingerprint density at radius 2 is 1.85 bits per heavy atom. The standard InChI is InChI=1S/C20H21NO4S2/c22-20(21-17-9-11-25-18-7-3-1-5-15(17)18)16-6-2-4-8-19(16)26-14-10-12-27(23,24)13-14/h1-8,14,17H,9-13H2,(H,21,22)/t14-,17-/m0/s1. The number of carbonyl (C=O) groups excluding carboxylic acids is 1. The summed E-state index contributed by atoms with van der Waals surface area (Å²) in [5, 5.41) is 3.13. The molecule has 2 aliphatic heterocycles. The topological polar surface area (TPSA) is 72.5 Å². The first-order chi connectivity index (χ1) is 13.0. The molecule has 2 aliphatic rings. The fraction of sp³-hybridized carbons (Fsp3) is 0.350. The molecule has 4 rings (SSSR count). The van der Waals surface area contributed by atoms with E-state index < -0.39 is 9.84 Å². The van der Waals surface area contributed by atoms with Crippen molar-refractivity contribution in [1.82, 2.24) is 5.32 Å². The van der Waals surface area contributed by atoms with Gasteiger partial charge >= 0.3 is 0 Å². The summed E-state index contributed by atoms with van der Waals surface area (Å²) < 4.78 is 29.1. The van der Waals surface area contributed by atoms with Crippen LogP contribution in [0, 0.1) is 0 Å². The van der Waals surface area contributed by atoms with Gasteiger partial charge in [0.25, 0.3) is 5.91 Å². The third-order valence-corrected chi connectivity index (χ3v) is 8.20. The molecule has 1 amide bonds.